The molecule has 2 atom stereocenters. The normalized spacial score (nSPS) is 25.2. The third kappa shape index (κ3) is 5.91. The Bertz CT molecular complexity index is 320. The number of sulfonamides is 1. The Morgan fingerprint density at radius 3 is 2.61 bits per heavy atom. The van der Waals surface area contributed by atoms with E-state index in [9.17, 15) is 8.42 Å². The van der Waals surface area contributed by atoms with Crippen molar-refractivity contribution in [3.63, 3.8) is 0 Å². The Morgan fingerprint density at radius 1 is 1.22 bits per heavy atom. The smallest absolute Gasteiger partial charge is 0.211 e. The lowest BCUT2D eigenvalue weighted by molar-refractivity contribution is 0.423. The van der Waals surface area contributed by atoms with E-state index in [1.54, 1.807) is 11.8 Å². The third-order valence-corrected chi connectivity index (χ3v) is 6.08. The molecule has 6 heteroatoms. The molecule has 0 spiro atoms. The second-order valence-electron chi connectivity index (χ2n) is 4.91. The minimum Gasteiger partial charge on any atom is -0.320 e. The first-order valence-electron chi connectivity index (χ1n) is 6.76. The summed E-state index contributed by atoms with van der Waals surface area (Å²) >= 11 is 1.79. The van der Waals surface area contributed by atoms with Gasteiger partial charge in [0.15, 0.2) is 0 Å². The Kier molecular flexibility index (Phi) is 7.60. The maximum Gasteiger partial charge on any atom is 0.211 e. The summed E-state index contributed by atoms with van der Waals surface area (Å²) in [6.07, 6.45) is 8.20. The van der Waals surface area contributed by atoms with Crippen LogP contribution in [0, 0.1) is 0 Å². The van der Waals surface area contributed by atoms with Gasteiger partial charge in [-0.3, -0.25) is 0 Å². The summed E-state index contributed by atoms with van der Waals surface area (Å²) in [7, 11) is -1.21. The Hall–Kier alpha value is 0.220. The molecular formula is C12H26N2O2S2. The summed E-state index contributed by atoms with van der Waals surface area (Å²) in [5, 5.41) is 3.48. The van der Waals surface area contributed by atoms with E-state index in [0.717, 1.165) is 38.6 Å². The monoisotopic (exact) mass is 294 g/mol. The van der Waals surface area contributed by atoms with Gasteiger partial charge in [-0.05, 0) is 45.5 Å². The van der Waals surface area contributed by atoms with Crippen LogP contribution in [0.1, 0.15) is 38.5 Å². The molecule has 18 heavy (non-hydrogen) atoms. The molecule has 2 N–H and O–H groups in total. The van der Waals surface area contributed by atoms with Crippen LogP contribution in [-0.4, -0.2) is 45.3 Å². The lowest BCUT2D eigenvalue weighted by atomic mass is 9.96. The molecule has 0 aromatic heterocycles. The molecule has 0 aromatic carbocycles. The predicted octanol–water partition coefficient (Wildman–Crippen LogP) is 1.58. The van der Waals surface area contributed by atoms with E-state index in [2.05, 4.69) is 16.3 Å². The number of thioether (sulfide) groups is 1. The zero-order chi connectivity index (χ0) is 13.4. The zero-order valence-corrected chi connectivity index (χ0v) is 13.1. The summed E-state index contributed by atoms with van der Waals surface area (Å²) in [6.45, 7) is 0.881. The standard InChI is InChI=1S/C12H26N2O2S2/c1-13-9-5-6-10-18(15,16)14-11-7-3-4-8-12(11)17-2/h11-14H,3-10H2,1-2H3. The van der Waals surface area contributed by atoms with Gasteiger partial charge in [-0.2, -0.15) is 11.8 Å². The molecule has 4 nitrogen and oxygen atoms in total. The van der Waals surface area contributed by atoms with E-state index >= 15 is 0 Å². The fourth-order valence-corrected chi connectivity index (χ4v) is 4.86. The van der Waals surface area contributed by atoms with E-state index in [1.165, 1.54) is 6.42 Å². The molecule has 1 aliphatic rings. The fraction of sp³-hybridized carbons (Fsp3) is 1.00. The van der Waals surface area contributed by atoms with Gasteiger partial charge in [-0.15, -0.1) is 0 Å². The number of rotatable bonds is 8. The first-order valence-corrected chi connectivity index (χ1v) is 9.70. The molecule has 0 amide bonds. The molecule has 0 aliphatic heterocycles. The van der Waals surface area contributed by atoms with Crippen molar-refractivity contribution in [3.8, 4) is 0 Å². The van der Waals surface area contributed by atoms with Gasteiger partial charge in [0.1, 0.15) is 0 Å². The van der Waals surface area contributed by atoms with Crippen molar-refractivity contribution in [2.24, 2.45) is 0 Å². The van der Waals surface area contributed by atoms with Gasteiger partial charge in [-0.25, -0.2) is 13.1 Å². The molecule has 1 fully saturated rings. The second-order valence-corrected chi connectivity index (χ2v) is 7.86. The van der Waals surface area contributed by atoms with Gasteiger partial charge in [-0.1, -0.05) is 12.8 Å². The molecule has 0 radical (unpaired) electrons. The van der Waals surface area contributed by atoms with Crippen LogP contribution in [0.3, 0.4) is 0 Å². The summed E-state index contributed by atoms with van der Waals surface area (Å²) in [5.41, 5.74) is 0. The average Bonchev–Trinajstić information content (AvgIpc) is 2.35. The highest BCUT2D eigenvalue weighted by atomic mass is 32.2. The van der Waals surface area contributed by atoms with Crippen molar-refractivity contribution in [1.29, 1.82) is 0 Å². The molecule has 1 saturated carbocycles. The topological polar surface area (TPSA) is 58.2 Å². The van der Waals surface area contributed by atoms with E-state index in [-0.39, 0.29) is 11.8 Å². The van der Waals surface area contributed by atoms with Crippen LogP contribution >= 0.6 is 11.8 Å². The molecule has 0 heterocycles. The average molecular weight is 294 g/mol. The van der Waals surface area contributed by atoms with Crippen molar-refractivity contribution < 1.29 is 8.42 Å². The van der Waals surface area contributed by atoms with Crippen molar-refractivity contribution in [2.75, 3.05) is 25.6 Å². The SMILES string of the molecule is CNCCCCS(=O)(=O)NC1CCCCC1SC. The Morgan fingerprint density at radius 2 is 1.94 bits per heavy atom. The van der Waals surface area contributed by atoms with Crippen LogP contribution < -0.4 is 10.0 Å². The molecular weight excluding hydrogens is 268 g/mol. The molecule has 1 rings (SSSR count). The summed E-state index contributed by atoms with van der Waals surface area (Å²) in [4.78, 5) is 0. The molecule has 0 bridgehead atoms. The highest BCUT2D eigenvalue weighted by Crippen LogP contribution is 2.27. The number of unbranched alkanes of at least 4 members (excludes halogenated alkanes) is 1. The highest BCUT2D eigenvalue weighted by molar-refractivity contribution is 7.99. The Labute approximate surface area is 116 Å². The first kappa shape index (κ1) is 16.3. The van der Waals surface area contributed by atoms with Crippen LogP contribution in [0.2, 0.25) is 0 Å². The van der Waals surface area contributed by atoms with E-state index in [1.807, 2.05) is 7.05 Å². The predicted molar refractivity (Wildman–Crippen MR) is 79.6 cm³/mol. The highest BCUT2D eigenvalue weighted by Gasteiger charge is 2.27. The van der Waals surface area contributed by atoms with Gasteiger partial charge in [0.2, 0.25) is 10.0 Å². The van der Waals surface area contributed by atoms with Gasteiger partial charge >= 0.3 is 0 Å². The molecule has 1 aliphatic carbocycles. The molecule has 108 valence electrons. The van der Waals surface area contributed by atoms with Crippen LogP contribution in [0.4, 0.5) is 0 Å². The van der Waals surface area contributed by atoms with E-state index in [0.29, 0.717) is 5.25 Å². The lowest BCUT2D eigenvalue weighted by Gasteiger charge is -2.30. The van der Waals surface area contributed by atoms with Crippen LogP contribution in [-0.2, 0) is 10.0 Å². The van der Waals surface area contributed by atoms with Gasteiger partial charge in [0.05, 0.1) is 5.75 Å². The summed E-state index contributed by atoms with van der Waals surface area (Å²) in [5.74, 6) is 0.256. The molecule has 0 aromatic rings. The number of hydrogen-bond donors (Lipinski definition) is 2. The van der Waals surface area contributed by atoms with Crippen LogP contribution in [0.15, 0.2) is 0 Å². The quantitative estimate of drug-likeness (QED) is 0.667. The minimum atomic E-state index is -3.10. The molecule has 0 saturated heterocycles. The lowest BCUT2D eigenvalue weighted by Crippen LogP contribution is -2.44. The van der Waals surface area contributed by atoms with Crippen molar-refractivity contribution in [2.45, 2.75) is 49.8 Å². The maximum atomic E-state index is 12.0. The van der Waals surface area contributed by atoms with Crippen LogP contribution in [0.5, 0.6) is 0 Å². The number of nitrogens with one attached hydrogen (secondary N) is 2. The summed E-state index contributed by atoms with van der Waals surface area (Å²) < 4.78 is 26.9. The first-order chi connectivity index (χ1) is 8.59. The minimum absolute atomic E-state index is 0.142. The summed E-state index contributed by atoms with van der Waals surface area (Å²) in [6, 6.07) is 0.142. The Balaban J connectivity index is 2.38. The van der Waals surface area contributed by atoms with Crippen molar-refractivity contribution >= 4 is 21.8 Å². The van der Waals surface area contributed by atoms with Crippen molar-refractivity contribution in [3.05, 3.63) is 0 Å². The van der Waals surface area contributed by atoms with E-state index < -0.39 is 10.0 Å². The molecule has 2 unspecified atom stereocenters. The van der Waals surface area contributed by atoms with Crippen molar-refractivity contribution in [1.82, 2.24) is 10.0 Å². The fourth-order valence-electron chi connectivity index (χ4n) is 2.40. The van der Waals surface area contributed by atoms with E-state index in [4.69, 9.17) is 0 Å². The maximum absolute atomic E-state index is 12.0. The second kappa shape index (κ2) is 8.40. The van der Waals surface area contributed by atoms with Gasteiger partial charge in [0, 0.05) is 11.3 Å². The number of hydrogen-bond acceptors (Lipinski definition) is 4. The third-order valence-electron chi connectivity index (χ3n) is 3.43. The zero-order valence-electron chi connectivity index (χ0n) is 11.4. The largest absolute Gasteiger partial charge is 0.320 e. The van der Waals surface area contributed by atoms with Crippen LogP contribution in [0.25, 0.3) is 0 Å². The van der Waals surface area contributed by atoms with Gasteiger partial charge in [0.25, 0.3) is 0 Å². The van der Waals surface area contributed by atoms with Gasteiger partial charge < -0.3 is 5.32 Å².